The number of pyridine rings is 1. The van der Waals surface area contributed by atoms with Gasteiger partial charge < -0.3 is 20.3 Å². The van der Waals surface area contributed by atoms with E-state index in [0.717, 1.165) is 12.1 Å². The number of imidazole rings is 1. The normalized spacial score (nSPS) is 13.8. The number of amides is 1. The fraction of sp³-hybridized carbons (Fsp3) is 0.240. The molecule has 0 bridgehead atoms. The van der Waals surface area contributed by atoms with E-state index in [1.54, 1.807) is 43.5 Å². The van der Waals surface area contributed by atoms with E-state index in [4.69, 9.17) is 14.6 Å². The van der Waals surface area contributed by atoms with Crippen LogP contribution in [0.2, 0.25) is 0 Å². The summed E-state index contributed by atoms with van der Waals surface area (Å²) in [4.78, 5) is 34.4. The average molecular weight is 565 g/mol. The lowest BCUT2D eigenvalue weighted by Crippen LogP contribution is -2.27. The zero-order valence-electron chi connectivity index (χ0n) is 21.0. The Labute approximate surface area is 222 Å². The molecular weight excluding hydrogens is 545 g/mol. The van der Waals surface area contributed by atoms with Gasteiger partial charge >= 0.3 is 12.1 Å². The Hall–Kier alpha value is -4.82. The van der Waals surface area contributed by atoms with Crippen LogP contribution in [-0.2, 0) is 21.6 Å². The van der Waals surface area contributed by atoms with Crippen molar-refractivity contribution >= 4 is 23.3 Å². The van der Waals surface area contributed by atoms with Gasteiger partial charge in [-0.1, -0.05) is 6.07 Å². The van der Waals surface area contributed by atoms with Crippen LogP contribution in [0.25, 0.3) is 17.2 Å². The molecule has 1 aliphatic rings. The predicted octanol–water partition coefficient (Wildman–Crippen LogP) is 4.53. The highest BCUT2D eigenvalue weighted by molar-refractivity contribution is 6.05. The van der Waals surface area contributed by atoms with E-state index in [2.05, 4.69) is 20.3 Å². The number of halogens is 5. The van der Waals surface area contributed by atoms with Gasteiger partial charge in [0, 0.05) is 6.20 Å². The zero-order valence-corrected chi connectivity index (χ0v) is 21.0. The second kappa shape index (κ2) is 10.1. The average Bonchev–Trinajstić information content (AvgIpc) is 3.30. The first kappa shape index (κ1) is 28.2. The van der Waals surface area contributed by atoms with Crippen LogP contribution < -0.4 is 10.1 Å². The number of carboxylic acids is 1. The Kier molecular flexibility index (Phi) is 7.09. The molecule has 5 rings (SSSR count). The quantitative estimate of drug-likeness (QED) is 0.307. The molecule has 10 nitrogen and oxygen atoms in total. The summed E-state index contributed by atoms with van der Waals surface area (Å²) < 4.78 is 67.0. The van der Waals surface area contributed by atoms with E-state index in [-0.39, 0.29) is 35.6 Å². The molecule has 0 fully saturated rings. The van der Waals surface area contributed by atoms with E-state index in [1.807, 2.05) is 0 Å². The molecule has 3 N–H and O–H groups in total. The third kappa shape index (κ3) is 5.09. The summed E-state index contributed by atoms with van der Waals surface area (Å²) in [5.41, 5.74) is 0.576. The van der Waals surface area contributed by atoms with E-state index in [1.165, 1.54) is 6.07 Å². The van der Waals surface area contributed by atoms with Gasteiger partial charge in [-0.15, -0.1) is 0 Å². The number of aliphatic carboxylic acids is 1. The first-order valence-electron chi connectivity index (χ1n) is 11.4. The number of carbonyl (C=O) groups excluding carboxylic acids is 1. The van der Waals surface area contributed by atoms with E-state index < -0.39 is 29.2 Å². The number of nitrogens with zero attached hydrogens (tertiary/aromatic N) is 4. The number of ether oxygens (including phenoxy) is 1. The largest absolute Gasteiger partial charge is 0.493 e. The molecule has 1 aliphatic heterocycles. The molecule has 15 heteroatoms. The third-order valence-corrected chi connectivity index (χ3v) is 5.99. The van der Waals surface area contributed by atoms with Crippen molar-refractivity contribution in [3.8, 4) is 23.1 Å². The molecule has 0 unspecified atom stereocenters. The Bertz CT molecular complexity index is 1630. The van der Waals surface area contributed by atoms with Gasteiger partial charge in [0.1, 0.15) is 29.8 Å². The fourth-order valence-electron chi connectivity index (χ4n) is 3.96. The van der Waals surface area contributed by atoms with Crippen LogP contribution >= 0.6 is 0 Å². The van der Waals surface area contributed by atoms with Crippen LogP contribution in [0.15, 0.2) is 36.5 Å². The van der Waals surface area contributed by atoms with Crippen LogP contribution in [-0.4, -0.2) is 47.6 Å². The number of hydrogen-bond donors (Lipinski definition) is 3. The van der Waals surface area contributed by atoms with Crippen LogP contribution in [0.4, 0.5) is 27.8 Å². The highest BCUT2D eigenvalue weighted by Gasteiger charge is 2.43. The standard InChI is InChI=1S/C23H19F2N5O3.C2HF3O2/c1-11-17(19-27-18-16(21(31)28-19)23(2,3)22(32)29-18)30-9-5-8-15(20(30)26-11)33-10-12-13(24)6-4-7-14(12)25;3-2(4,5)1(6)7/h4-9H,10H2,1-3H3,(H2,27,28,29,31,32);(H,6,7). The number of carbonyl (C=O) groups is 2. The number of aromatic nitrogens is 4. The first-order valence-corrected chi connectivity index (χ1v) is 11.4. The molecule has 0 aliphatic carbocycles. The number of alkyl halides is 3. The lowest BCUT2D eigenvalue weighted by Gasteiger charge is -2.15. The summed E-state index contributed by atoms with van der Waals surface area (Å²) in [5, 5.41) is 20.4. The molecule has 4 heterocycles. The number of benzene rings is 1. The van der Waals surface area contributed by atoms with Crippen molar-refractivity contribution in [3.05, 3.63) is 65.0 Å². The van der Waals surface area contributed by atoms with Crippen molar-refractivity contribution in [1.29, 1.82) is 0 Å². The number of anilines is 1. The van der Waals surface area contributed by atoms with Crippen LogP contribution in [0.1, 0.15) is 30.7 Å². The molecule has 210 valence electrons. The molecule has 4 aromatic rings. The summed E-state index contributed by atoms with van der Waals surface area (Å²) in [6.45, 7) is 4.77. The van der Waals surface area contributed by atoms with Crippen molar-refractivity contribution < 1.29 is 46.5 Å². The zero-order chi connectivity index (χ0) is 29.6. The monoisotopic (exact) mass is 565 g/mol. The number of carboxylic acid groups (broad SMARTS) is 1. The molecule has 3 aromatic heterocycles. The Morgan fingerprint density at radius 1 is 1.10 bits per heavy atom. The first-order chi connectivity index (χ1) is 18.6. The molecule has 1 amide bonds. The number of rotatable bonds is 4. The van der Waals surface area contributed by atoms with E-state index in [0.29, 0.717) is 28.3 Å². The van der Waals surface area contributed by atoms with Crippen LogP contribution in [0.5, 0.6) is 11.6 Å². The number of nitrogens with one attached hydrogen (secondary N) is 1. The summed E-state index contributed by atoms with van der Waals surface area (Å²) in [7, 11) is 0. The Morgan fingerprint density at radius 2 is 1.73 bits per heavy atom. The molecule has 0 atom stereocenters. The van der Waals surface area contributed by atoms with Crippen molar-refractivity contribution in [2.24, 2.45) is 0 Å². The van der Waals surface area contributed by atoms with Crippen molar-refractivity contribution in [2.45, 2.75) is 39.0 Å². The van der Waals surface area contributed by atoms with E-state index in [9.17, 15) is 31.9 Å². The lowest BCUT2D eigenvalue weighted by atomic mass is 9.87. The van der Waals surface area contributed by atoms with Crippen molar-refractivity contribution in [2.75, 3.05) is 5.32 Å². The summed E-state index contributed by atoms with van der Waals surface area (Å²) in [6, 6.07) is 6.93. The second-order valence-corrected chi connectivity index (χ2v) is 9.08. The molecule has 0 saturated carbocycles. The molecule has 0 spiro atoms. The Balaban J connectivity index is 0.000000470. The highest BCUT2D eigenvalue weighted by atomic mass is 19.4. The van der Waals surface area contributed by atoms with Crippen LogP contribution in [0, 0.1) is 18.6 Å². The van der Waals surface area contributed by atoms with Crippen LogP contribution in [0.3, 0.4) is 0 Å². The maximum Gasteiger partial charge on any atom is 0.490 e. The van der Waals surface area contributed by atoms with E-state index >= 15 is 0 Å². The predicted molar refractivity (Wildman–Crippen MR) is 129 cm³/mol. The van der Waals surface area contributed by atoms with Crippen molar-refractivity contribution in [3.63, 3.8) is 0 Å². The molecule has 0 radical (unpaired) electrons. The minimum atomic E-state index is -5.08. The van der Waals surface area contributed by atoms with Gasteiger partial charge in [0.15, 0.2) is 17.2 Å². The number of aryl methyl sites for hydroxylation is 1. The minimum Gasteiger partial charge on any atom is -0.493 e. The maximum absolute atomic E-state index is 14.0. The molecule has 0 saturated heterocycles. The van der Waals surface area contributed by atoms with Gasteiger partial charge in [0.25, 0.3) is 0 Å². The molecule has 40 heavy (non-hydrogen) atoms. The summed E-state index contributed by atoms with van der Waals surface area (Å²) in [6.07, 6.45) is -3.38. The maximum atomic E-state index is 14.0. The van der Waals surface area contributed by atoms with Gasteiger partial charge in [-0.05, 0) is 45.0 Å². The topological polar surface area (TPSA) is 139 Å². The lowest BCUT2D eigenvalue weighted by molar-refractivity contribution is -0.192. The second-order valence-electron chi connectivity index (χ2n) is 9.08. The van der Waals surface area contributed by atoms with Crippen molar-refractivity contribution in [1.82, 2.24) is 19.4 Å². The summed E-state index contributed by atoms with van der Waals surface area (Å²) >= 11 is 0. The van der Waals surface area contributed by atoms with Gasteiger partial charge in [-0.2, -0.15) is 18.2 Å². The minimum absolute atomic E-state index is 0.159. The van der Waals surface area contributed by atoms with Gasteiger partial charge in [0.05, 0.1) is 22.2 Å². The number of fused-ring (bicyclic) bond motifs is 2. The SMILES string of the molecule is Cc1nc2c(OCc3c(F)cccc3F)cccn2c1-c1nc(O)c2c(n1)NC(=O)C2(C)C.O=C(O)C(F)(F)F. The van der Waals surface area contributed by atoms with Gasteiger partial charge in [-0.3, -0.25) is 9.20 Å². The molecular formula is C25H20F5N5O5. The smallest absolute Gasteiger partial charge is 0.490 e. The number of hydrogen-bond acceptors (Lipinski definition) is 7. The third-order valence-electron chi connectivity index (χ3n) is 5.99. The van der Waals surface area contributed by atoms with Gasteiger partial charge in [0.2, 0.25) is 11.8 Å². The van der Waals surface area contributed by atoms with Gasteiger partial charge in [-0.25, -0.2) is 23.5 Å². The fourth-order valence-corrected chi connectivity index (χ4v) is 3.96. The Morgan fingerprint density at radius 3 is 2.33 bits per heavy atom. The molecule has 1 aromatic carbocycles. The summed E-state index contributed by atoms with van der Waals surface area (Å²) in [5.74, 6) is -4.04. The highest BCUT2D eigenvalue weighted by Crippen LogP contribution is 2.42. The number of aromatic hydroxyl groups is 1.